The third-order valence-corrected chi connectivity index (χ3v) is 5.28. The highest BCUT2D eigenvalue weighted by atomic mass is 32.1. The summed E-state index contributed by atoms with van der Waals surface area (Å²) < 4.78 is 1.23. The number of rotatable bonds is 3. The number of hydrogen-bond donors (Lipinski definition) is 3. The maximum Gasteiger partial charge on any atom is 0.311 e. The van der Waals surface area contributed by atoms with Crippen LogP contribution < -0.4 is 16.8 Å². The molecule has 1 amide bonds. The number of carbonyl (C=O) groups excluding carboxylic acids is 1. The molecule has 0 saturated heterocycles. The second kappa shape index (κ2) is 5.74. The van der Waals surface area contributed by atoms with E-state index in [4.69, 9.17) is 5.84 Å². The average molecular weight is 336 g/mol. The zero-order chi connectivity index (χ0) is 16.7. The molecule has 2 aromatic rings. The Morgan fingerprint density at radius 3 is 2.91 bits per heavy atom. The molecule has 0 spiro atoms. The van der Waals surface area contributed by atoms with Crippen LogP contribution in [-0.4, -0.2) is 26.5 Å². The SMILES string of the molecule is Cc1nc2sc3c(c2c(=O)n1CC(=O)NN)C(C(=O)O)CCC3. The summed E-state index contributed by atoms with van der Waals surface area (Å²) >= 11 is 1.37. The Morgan fingerprint density at radius 2 is 2.26 bits per heavy atom. The molecule has 0 saturated carbocycles. The molecule has 2 heterocycles. The molecule has 1 unspecified atom stereocenters. The number of aliphatic carboxylic acids is 1. The number of aryl methyl sites for hydroxylation is 2. The summed E-state index contributed by atoms with van der Waals surface area (Å²) in [6.07, 6.45) is 2.03. The standard InChI is InChI=1S/C14H16N4O4S/c1-6-16-12-11(13(20)18(6)5-9(19)17-15)10-7(14(21)22)3-2-4-8(10)23-12/h7H,2-5,15H2,1H3,(H,17,19)(H,21,22). The van der Waals surface area contributed by atoms with Crippen molar-refractivity contribution in [1.29, 1.82) is 0 Å². The van der Waals surface area contributed by atoms with Crippen molar-refractivity contribution in [3.63, 3.8) is 0 Å². The first-order valence-corrected chi connectivity index (χ1v) is 8.00. The lowest BCUT2D eigenvalue weighted by Gasteiger charge is -2.19. The zero-order valence-electron chi connectivity index (χ0n) is 12.5. The summed E-state index contributed by atoms with van der Waals surface area (Å²) in [5.41, 5.74) is 2.17. The van der Waals surface area contributed by atoms with Crippen LogP contribution in [0.25, 0.3) is 10.2 Å². The maximum absolute atomic E-state index is 12.8. The first kappa shape index (κ1) is 15.6. The van der Waals surface area contributed by atoms with Gasteiger partial charge in [0.25, 0.3) is 11.5 Å². The number of nitrogens with one attached hydrogen (secondary N) is 1. The monoisotopic (exact) mass is 336 g/mol. The fourth-order valence-corrected chi connectivity index (χ4v) is 4.35. The number of nitrogens with two attached hydrogens (primary N) is 1. The number of carboxylic acid groups (broad SMARTS) is 1. The number of thiophene rings is 1. The van der Waals surface area contributed by atoms with Crippen LogP contribution in [0.3, 0.4) is 0 Å². The second-order valence-electron chi connectivity index (χ2n) is 5.52. The van der Waals surface area contributed by atoms with Crippen LogP contribution in [0.15, 0.2) is 4.79 Å². The summed E-state index contributed by atoms with van der Waals surface area (Å²) in [6, 6.07) is 0. The van der Waals surface area contributed by atoms with E-state index in [0.717, 1.165) is 17.7 Å². The minimum atomic E-state index is -0.933. The third kappa shape index (κ3) is 2.51. The van der Waals surface area contributed by atoms with Crippen LogP contribution in [0, 0.1) is 6.92 Å². The molecule has 0 radical (unpaired) electrons. The van der Waals surface area contributed by atoms with Crippen molar-refractivity contribution in [2.24, 2.45) is 5.84 Å². The molecule has 23 heavy (non-hydrogen) atoms. The number of hydrazine groups is 1. The van der Waals surface area contributed by atoms with Gasteiger partial charge in [-0.25, -0.2) is 10.8 Å². The number of carboxylic acids is 1. The largest absolute Gasteiger partial charge is 0.481 e. The van der Waals surface area contributed by atoms with Crippen molar-refractivity contribution in [2.75, 3.05) is 0 Å². The van der Waals surface area contributed by atoms with E-state index in [2.05, 4.69) is 4.98 Å². The molecule has 0 bridgehead atoms. The molecule has 0 aliphatic heterocycles. The number of fused-ring (bicyclic) bond motifs is 3. The lowest BCUT2D eigenvalue weighted by Crippen LogP contribution is -2.37. The van der Waals surface area contributed by atoms with Crippen molar-refractivity contribution in [3.8, 4) is 0 Å². The predicted molar refractivity (Wildman–Crippen MR) is 84.3 cm³/mol. The van der Waals surface area contributed by atoms with Crippen molar-refractivity contribution >= 4 is 33.4 Å². The molecule has 1 atom stereocenters. The average Bonchev–Trinajstić information content (AvgIpc) is 2.88. The first-order valence-electron chi connectivity index (χ1n) is 7.19. The molecule has 2 aromatic heterocycles. The number of carbonyl (C=O) groups is 2. The van der Waals surface area contributed by atoms with Gasteiger partial charge in [-0.3, -0.25) is 24.4 Å². The number of amides is 1. The van der Waals surface area contributed by atoms with Gasteiger partial charge in [-0.05, 0) is 31.7 Å². The van der Waals surface area contributed by atoms with E-state index >= 15 is 0 Å². The van der Waals surface area contributed by atoms with Gasteiger partial charge < -0.3 is 5.11 Å². The normalized spacial score (nSPS) is 17.0. The minimum Gasteiger partial charge on any atom is -0.481 e. The van der Waals surface area contributed by atoms with Crippen LogP contribution in [0.1, 0.15) is 35.0 Å². The Bertz CT molecular complexity index is 870. The molecule has 0 fully saturated rings. The zero-order valence-corrected chi connectivity index (χ0v) is 13.3. The summed E-state index contributed by atoms with van der Waals surface area (Å²) in [5, 5.41) is 9.78. The fourth-order valence-electron chi connectivity index (χ4n) is 3.04. The molecule has 8 nitrogen and oxygen atoms in total. The Hall–Kier alpha value is -2.26. The smallest absolute Gasteiger partial charge is 0.311 e. The van der Waals surface area contributed by atoms with Gasteiger partial charge in [-0.2, -0.15) is 0 Å². The molecular formula is C14H16N4O4S. The van der Waals surface area contributed by atoms with Gasteiger partial charge in [0.2, 0.25) is 0 Å². The number of hydrogen-bond acceptors (Lipinski definition) is 6. The van der Waals surface area contributed by atoms with Gasteiger partial charge in [-0.1, -0.05) is 0 Å². The van der Waals surface area contributed by atoms with E-state index in [0.29, 0.717) is 28.0 Å². The highest BCUT2D eigenvalue weighted by Crippen LogP contribution is 2.40. The van der Waals surface area contributed by atoms with Crippen molar-refractivity contribution in [1.82, 2.24) is 15.0 Å². The van der Waals surface area contributed by atoms with Crippen LogP contribution in [0.2, 0.25) is 0 Å². The summed E-state index contributed by atoms with van der Waals surface area (Å²) in [5.74, 6) is 3.33. The first-order chi connectivity index (χ1) is 10.9. The quantitative estimate of drug-likeness (QED) is 0.419. The van der Waals surface area contributed by atoms with Crippen molar-refractivity contribution < 1.29 is 14.7 Å². The van der Waals surface area contributed by atoms with Gasteiger partial charge in [0.05, 0.1) is 11.3 Å². The van der Waals surface area contributed by atoms with E-state index in [1.165, 1.54) is 15.9 Å². The molecule has 9 heteroatoms. The minimum absolute atomic E-state index is 0.244. The van der Waals surface area contributed by atoms with E-state index in [1.807, 2.05) is 5.43 Å². The van der Waals surface area contributed by atoms with Gasteiger partial charge in [0, 0.05) is 4.88 Å². The van der Waals surface area contributed by atoms with Crippen LogP contribution >= 0.6 is 11.3 Å². The van der Waals surface area contributed by atoms with Crippen LogP contribution in [0.4, 0.5) is 0 Å². The van der Waals surface area contributed by atoms with Gasteiger partial charge in [0.1, 0.15) is 17.2 Å². The molecule has 4 N–H and O–H groups in total. The Balaban J connectivity index is 2.27. The molecule has 0 aromatic carbocycles. The fraction of sp³-hybridized carbons (Fsp3) is 0.429. The molecule has 122 valence electrons. The maximum atomic E-state index is 12.8. The molecule has 3 rings (SSSR count). The van der Waals surface area contributed by atoms with Gasteiger partial charge >= 0.3 is 5.97 Å². The van der Waals surface area contributed by atoms with Crippen LogP contribution in [-0.2, 0) is 22.6 Å². The Kier molecular flexibility index (Phi) is 3.90. The van der Waals surface area contributed by atoms with E-state index in [1.54, 1.807) is 6.92 Å². The Morgan fingerprint density at radius 1 is 1.52 bits per heavy atom. The third-order valence-electron chi connectivity index (χ3n) is 4.12. The number of aromatic nitrogens is 2. The predicted octanol–water partition coefficient (Wildman–Crippen LogP) is 0.261. The highest BCUT2D eigenvalue weighted by Gasteiger charge is 2.32. The van der Waals surface area contributed by atoms with E-state index in [-0.39, 0.29) is 12.1 Å². The summed E-state index contributed by atoms with van der Waals surface area (Å²) in [6.45, 7) is 1.39. The van der Waals surface area contributed by atoms with Crippen molar-refractivity contribution in [3.05, 3.63) is 26.6 Å². The lowest BCUT2D eigenvalue weighted by molar-refractivity contribution is -0.139. The molecule has 1 aliphatic rings. The highest BCUT2D eigenvalue weighted by molar-refractivity contribution is 7.18. The van der Waals surface area contributed by atoms with Gasteiger partial charge in [0.15, 0.2) is 0 Å². The van der Waals surface area contributed by atoms with Crippen molar-refractivity contribution in [2.45, 2.75) is 38.6 Å². The van der Waals surface area contributed by atoms with E-state index in [9.17, 15) is 19.5 Å². The van der Waals surface area contributed by atoms with E-state index < -0.39 is 17.8 Å². The molecule has 1 aliphatic carbocycles. The van der Waals surface area contributed by atoms with Gasteiger partial charge in [-0.15, -0.1) is 11.3 Å². The summed E-state index contributed by atoms with van der Waals surface area (Å²) in [7, 11) is 0. The van der Waals surface area contributed by atoms with Crippen LogP contribution in [0.5, 0.6) is 0 Å². The summed E-state index contributed by atoms with van der Waals surface area (Å²) in [4.78, 5) is 41.7. The molecular weight excluding hydrogens is 320 g/mol. The number of nitrogens with zero attached hydrogens (tertiary/aromatic N) is 2. The second-order valence-corrected chi connectivity index (χ2v) is 6.60. The Labute approximate surface area is 134 Å². The lowest BCUT2D eigenvalue weighted by atomic mass is 9.86. The topological polar surface area (TPSA) is 127 Å².